The maximum absolute atomic E-state index is 11.3. The van der Waals surface area contributed by atoms with Crippen LogP contribution >= 0.6 is 0 Å². The molecule has 0 N–H and O–H groups in total. The van der Waals surface area contributed by atoms with Gasteiger partial charge in [-0.15, -0.1) is 5.54 Å². The van der Waals surface area contributed by atoms with Crippen molar-refractivity contribution in [3.8, 4) is 11.5 Å². The average Bonchev–Trinajstić information content (AvgIpc) is 1.99. The molecule has 0 aliphatic rings. The number of allylic oxidation sites excluding steroid dienone is 2. The second-order valence-electron chi connectivity index (χ2n) is 4.74. The van der Waals surface area contributed by atoms with Crippen molar-refractivity contribution in [2.24, 2.45) is 0 Å². The van der Waals surface area contributed by atoms with E-state index in [4.69, 9.17) is 0 Å². The van der Waals surface area contributed by atoms with Gasteiger partial charge in [-0.3, -0.25) is 4.79 Å². The molecule has 0 saturated carbocycles. The zero-order valence-electron chi connectivity index (χ0n) is 9.90. The molecule has 0 radical (unpaired) electrons. The third-order valence-electron chi connectivity index (χ3n) is 1.50. The topological polar surface area (TPSA) is 17.1 Å². The standard InChI is InChI=1S/C12H20OSi/c1-11(2)7-6-8-12(13)9-10-14(3,4)5/h7H,6,8H2,1-5H3. The molecule has 0 spiro atoms. The van der Waals surface area contributed by atoms with Gasteiger partial charge in [0.1, 0.15) is 8.07 Å². The molecule has 0 saturated heterocycles. The first-order chi connectivity index (χ1) is 6.31. The summed E-state index contributed by atoms with van der Waals surface area (Å²) in [6.45, 7) is 10.5. The molecule has 0 bridgehead atoms. The van der Waals surface area contributed by atoms with Crippen LogP contribution in [0.2, 0.25) is 19.6 Å². The van der Waals surface area contributed by atoms with E-state index in [9.17, 15) is 4.79 Å². The van der Waals surface area contributed by atoms with Crippen molar-refractivity contribution in [2.75, 3.05) is 0 Å². The third-order valence-corrected chi connectivity index (χ3v) is 2.38. The molecule has 0 aliphatic carbocycles. The molecule has 0 fully saturated rings. The van der Waals surface area contributed by atoms with Crippen LogP contribution in [-0.2, 0) is 4.79 Å². The number of rotatable bonds is 3. The van der Waals surface area contributed by atoms with E-state index in [1.165, 1.54) is 5.57 Å². The second kappa shape index (κ2) is 5.82. The minimum Gasteiger partial charge on any atom is -0.285 e. The highest BCUT2D eigenvalue weighted by molar-refractivity contribution is 6.84. The first kappa shape index (κ1) is 13.2. The van der Waals surface area contributed by atoms with Crippen LogP contribution in [-0.4, -0.2) is 13.9 Å². The van der Waals surface area contributed by atoms with E-state index < -0.39 is 8.07 Å². The molecule has 0 rings (SSSR count). The number of carbonyl (C=O) groups is 1. The number of hydrogen-bond acceptors (Lipinski definition) is 1. The van der Waals surface area contributed by atoms with E-state index in [0.717, 1.165) is 6.42 Å². The monoisotopic (exact) mass is 208 g/mol. The Morgan fingerprint density at radius 2 is 1.86 bits per heavy atom. The fourth-order valence-corrected chi connectivity index (χ4v) is 1.33. The summed E-state index contributed by atoms with van der Waals surface area (Å²) >= 11 is 0. The number of ketones is 1. The van der Waals surface area contributed by atoms with Crippen LogP contribution in [0.3, 0.4) is 0 Å². The van der Waals surface area contributed by atoms with Crippen LogP contribution in [0.5, 0.6) is 0 Å². The lowest BCUT2D eigenvalue weighted by Gasteiger charge is -2.02. The zero-order chi connectivity index (χ0) is 11.2. The molecule has 0 atom stereocenters. The normalized spacial score (nSPS) is 10.1. The van der Waals surface area contributed by atoms with Crippen molar-refractivity contribution in [3.05, 3.63) is 11.6 Å². The van der Waals surface area contributed by atoms with Crippen LogP contribution in [0.15, 0.2) is 11.6 Å². The summed E-state index contributed by atoms with van der Waals surface area (Å²) in [6.07, 6.45) is 3.46. The number of carbonyl (C=O) groups excluding carboxylic acids is 1. The summed E-state index contributed by atoms with van der Waals surface area (Å²) in [5, 5.41) is 0. The fraction of sp³-hybridized carbons (Fsp3) is 0.583. The molecule has 78 valence electrons. The molecule has 2 heteroatoms. The predicted octanol–water partition coefficient (Wildman–Crippen LogP) is 3.18. The predicted molar refractivity (Wildman–Crippen MR) is 64.8 cm³/mol. The van der Waals surface area contributed by atoms with E-state index in [1.54, 1.807) is 0 Å². The Hall–Kier alpha value is -0.813. The number of Topliss-reactive ketones (excluding diaryl/α,β-unsaturated/α-hetero) is 1. The molecule has 0 unspecified atom stereocenters. The van der Waals surface area contributed by atoms with E-state index in [1.807, 2.05) is 13.8 Å². The van der Waals surface area contributed by atoms with Crippen LogP contribution < -0.4 is 0 Å². The summed E-state index contributed by atoms with van der Waals surface area (Å²) in [7, 11) is -1.38. The van der Waals surface area contributed by atoms with Crippen LogP contribution in [0.25, 0.3) is 0 Å². The van der Waals surface area contributed by atoms with Crippen molar-refractivity contribution in [3.63, 3.8) is 0 Å². The summed E-state index contributed by atoms with van der Waals surface area (Å²) in [5.41, 5.74) is 4.34. The first-order valence-electron chi connectivity index (χ1n) is 5.00. The van der Waals surface area contributed by atoms with Crippen molar-refractivity contribution in [2.45, 2.75) is 46.3 Å². The van der Waals surface area contributed by atoms with Crippen LogP contribution in [0.1, 0.15) is 26.7 Å². The highest BCUT2D eigenvalue weighted by atomic mass is 28.3. The Morgan fingerprint density at radius 3 is 2.29 bits per heavy atom. The zero-order valence-corrected chi connectivity index (χ0v) is 10.9. The highest BCUT2D eigenvalue weighted by Crippen LogP contribution is 1.99. The summed E-state index contributed by atoms with van der Waals surface area (Å²) in [4.78, 5) is 11.3. The SMILES string of the molecule is CC(C)=CCCC(=O)C#C[Si](C)(C)C. The number of hydrogen-bond donors (Lipinski definition) is 0. The minimum atomic E-state index is -1.38. The molecule has 0 aromatic carbocycles. The van der Waals surface area contributed by atoms with Gasteiger partial charge in [0.25, 0.3) is 0 Å². The van der Waals surface area contributed by atoms with E-state index >= 15 is 0 Å². The fourth-order valence-electron chi connectivity index (χ4n) is 0.812. The van der Waals surface area contributed by atoms with Crippen LogP contribution in [0.4, 0.5) is 0 Å². The second-order valence-corrected chi connectivity index (χ2v) is 9.49. The van der Waals surface area contributed by atoms with Gasteiger partial charge in [-0.2, -0.15) is 0 Å². The van der Waals surface area contributed by atoms with Gasteiger partial charge in [0.2, 0.25) is 5.78 Å². The Morgan fingerprint density at radius 1 is 1.29 bits per heavy atom. The van der Waals surface area contributed by atoms with Gasteiger partial charge in [0.15, 0.2) is 0 Å². The average molecular weight is 208 g/mol. The minimum absolute atomic E-state index is 0.0740. The van der Waals surface area contributed by atoms with Gasteiger partial charge >= 0.3 is 0 Å². The molecule has 0 aromatic rings. The Balaban J connectivity index is 3.99. The molecule has 0 amide bonds. The quantitative estimate of drug-likeness (QED) is 0.395. The molecule has 1 nitrogen and oxygen atoms in total. The van der Waals surface area contributed by atoms with Gasteiger partial charge in [-0.1, -0.05) is 31.3 Å². The van der Waals surface area contributed by atoms with Crippen molar-refractivity contribution < 1.29 is 4.79 Å². The molecule has 0 aromatic heterocycles. The van der Waals surface area contributed by atoms with Crippen molar-refractivity contribution in [1.29, 1.82) is 0 Å². The molecule has 0 heterocycles. The van der Waals surface area contributed by atoms with Gasteiger partial charge in [-0.05, 0) is 26.2 Å². The van der Waals surface area contributed by atoms with Crippen molar-refractivity contribution >= 4 is 13.9 Å². The lowest BCUT2D eigenvalue weighted by Crippen LogP contribution is -2.17. The molecule has 0 aliphatic heterocycles. The largest absolute Gasteiger partial charge is 0.285 e. The van der Waals surface area contributed by atoms with Gasteiger partial charge in [0.05, 0.1) is 0 Å². The Labute approximate surface area is 88.6 Å². The lowest BCUT2D eigenvalue weighted by molar-refractivity contribution is -0.113. The van der Waals surface area contributed by atoms with E-state index in [2.05, 4.69) is 37.2 Å². The maximum atomic E-state index is 11.3. The summed E-state index contributed by atoms with van der Waals surface area (Å²) < 4.78 is 0. The highest BCUT2D eigenvalue weighted by Gasteiger charge is 2.08. The maximum Gasteiger partial charge on any atom is 0.205 e. The van der Waals surface area contributed by atoms with E-state index in [-0.39, 0.29) is 5.78 Å². The molecule has 14 heavy (non-hydrogen) atoms. The summed E-state index contributed by atoms with van der Waals surface area (Å²) in [6, 6.07) is 0. The van der Waals surface area contributed by atoms with Gasteiger partial charge in [-0.25, -0.2) is 0 Å². The third kappa shape index (κ3) is 9.28. The Kier molecular flexibility index (Phi) is 5.48. The smallest absolute Gasteiger partial charge is 0.205 e. The lowest BCUT2D eigenvalue weighted by atomic mass is 10.2. The Bertz CT molecular complexity index is 280. The van der Waals surface area contributed by atoms with Crippen molar-refractivity contribution in [1.82, 2.24) is 0 Å². The molecular formula is C12H20OSi. The summed E-state index contributed by atoms with van der Waals surface area (Å²) in [5.74, 6) is 2.81. The van der Waals surface area contributed by atoms with Gasteiger partial charge < -0.3 is 0 Å². The van der Waals surface area contributed by atoms with Gasteiger partial charge in [0, 0.05) is 6.42 Å². The van der Waals surface area contributed by atoms with Crippen LogP contribution in [0, 0.1) is 11.5 Å². The first-order valence-corrected chi connectivity index (χ1v) is 8.50. The van der Waals surface area contributed by atoms with E-state index in [0.29, 0.717) is 6.42 Å². The molecular weight excluding hydrogens is 188 g/mol.